The number of nitrogens with two attached hydrogens (primary N) is 1. The zero-order valence-corrected chi connectivity index (χ0v) is 20.7. The van der Waals surface area contributed by atoms with Gasteiger partial charge in [0.15, 0.2) is 0 Å². The summed E-state index contributed by atoms with van der Waals surface area (Å²) in [5.74, 6) is 1.39. The van der Waals surface area contributed by atoms with E-state index in [-0.39, 0.29) is 24.0 Å². The van der Waals surface area contributed by atoms with E-state index >= 15 is 0 Å². The molecule has 1 saturated heterocycles. The van der Waals surface area contributed by atoms with Crippen LogP contribution < -0.4 is 15.2 Å². The first-order valence-corrected chi connectivity index (χ1v) is 11.5. The summed E-state index contributed by atoms with van der Waals surface area (Å²) in [6, 6.07) is 7.94. The summed E-state index contributed by atoms with van der Waals surface area (Å²) < 4.78 is 49.5. The number of piperidine rings is 1. The van der Waals surface area contributed by atoms with Crippen LogP contribution in [0.4, 0.5) is 19.0 Å². The second-order valence-electron chi connectivity index (χ2n) is 8.37. The van der Waals surface area contributed by atoms with Crippen molar-refractivity contribution < 1.29 is 37.3 Å². The van der Waals surface area contributed by atoms with E-state index in [1.807, 2.05) is 0 Å². The number of pyridine rings is 2. The lowest BCUT2D eigenvalue weighted by Gasteiger charge is -2.32. The Balaban J connectivity index is 0.00000127. The first-order chi connectivity index (χ1) is 18.1. The van der Waals surface area contributed by atoms with Crippen molar-refractivity contribution in [3.05, 3.63) is 65.6 Å². The van der Waals surface area contributed by atoms with Crippen molar-refractivity contribution in [2.45, 2.75) is 24.9 Å². The van der Waals surface area contributed by atoms with Crippen molar-refractivity contribution in [3.63, 3.8) is 0 Å². The number of likely N-dealkylation sites (tertiary alicyclic amines) is 1. The third-order valence-electron chi connectivity index (χ3n) is 6.19. The molecule has 0 spiro atoms. The molecule has 38 heavy (non-hydrogen) atoms. The average Bonchev–Trinajstić information content (AvgIpc) is 2.92. The molecule has 1 aliphatic heterocycles. The predicted octanol–water partition coefficient (Wildman–Crippen LogP) is 4.48. The van der Waals surface area contributed by atoms with Crippen LogP contribution in [-0.2, 0) is 11.0 Å². The van der Waals surface area contributed by atoms with Crippen LogP contribution in [0, 0.1) is 0 Å². The summed E-state index contributed by atoms with van der Waals surface area (Å²) in [4.78, 5) is 31.7. The molecule has 0 radical (unpaired) electrons. The zero-order valence-electron chi connectivity index (χ0n) is 20.7. The first-order valence-electron chi connectivity index (χ1n) is 11.5. The number of hydrogen-bond acceptors (Lipinski definition) is 7. The Kier molecular flexibility index (Phi) is 9.11. The second kappa shape index (κ2) is 12.3. The van der Waals surface area contributed by atoms with Gasteiger partial charge in [0.05, 0.1) is 19.8 Å². The van der Waals surface area contributed by atoms with Gasteiger partial charge in [0.1, 0.15) is 23.0 Å². The fourth-order valence-electron chi connectivity index (χ4n) is 4.28. The number of rotatable bonds is 5. The van der Waals surface area contributed by atoms with E-state index in [4.69, 9.17) is 25.1 Å². The monoisotopic (exact) mass is 532 g/mol. The number of amides is 1. The number of anilines is 1. The third-order valence-corrected chi connectivity index (χ3v) is 6.19. The standard InChI is InChI=1S/C25H25F3N4O3.CH2O2/c1-34-21-11-20(30-13-18(21)15-3-5-17(6-4-15)25(26,27)28)24(33)32-9-7-16(8-10-32)19-14-31-23(29)12-22(19)35-2;2-1-3/h3-6,11-14,16H,7-10H2,1-2H3,(H2,29,31);1H,(H,2,3). The van der Waals surface area contributed by atoms with E-state index in [0.717, 1.165) is 30.5 Å². The number of alkyl halides is 3. The normalized spacial score (nSPS) is 13.8. The number of nitrogens with zero attached hydrogens (tertiary/aromatic N) is 3. The highest BCUT2D eigenvalue weighted by molar-refractivity contribution is 5.93. The van der Waals surface area contributed by atoms with E-state index < -0.39 is 11.7 Å². The topological polar surface area (TPSA) is 128 Å². The Bertz CT molecular complexity index is 1260. The maximum absolute atomic E-state index is 13.1. The lowest BCUT2D eigenvalue weighted by molar-refractivity contribution is -0.137. The van der Waals surface area contributed by atoms with Crippen LogP contribution >= 0.6 is 0 Å². The highest BCUT2D eigenvalue weighted by Crippen LogP contribution is 2.36. The maximum Gasteiger partial charge on any atom is 0.416 e. The van der Waals surface area contributed by atoms with Crippen LogP contribution in [0.15, 0.2) is 48.8 Å². The second-order valence-corrected chi connectivity index (χ2v) is 8.37. The molecule has 4 rings (SSSR count). The largest absolute Gasteiger partial charge is 0.496 e. The number of aromatic nitrogens is 2. The molecule has 202 valence electrons. The van der Waals surface area contributed by atoms with Crippen LogP contribution in [0.1, 0.15) is 40.4 Å². The summed E-state index contributed by atoms with van der Waals surface area (Å²) in [5.41, 5.74) is 7.19. The quantitative estimate of drug-likeness (QED) is 0.461. The summed E-state index contributed by atoms with van der Waals surface area (Å²) >= 11 is 0. The van der Waals surface area contributed by atoms with Gasteiger partial charge in [0.25, 0.3) is 12.4 Å². The van der Waals surface area contributed by atoms with Crippen LogP contribution in [-0.4, -0.2) is 59.7 Å². The van der Waals surface area contributed by atoms with E-state index in [1.54, 1.807) is 24.3 Å². The SMILES string of the molecule is COc1cc(C(=O)N2CCC(c3cnc(N)cc3OC)CC2)ncc1-c1ccc(C(F)(F)F)cc1.O=CO. The van der Waals surface area contributed by atoms with Crippen molar-refractivity contribution >= 4 is 18.2 Å². The van der Waals surface area contributed by atoms with Crippen LogP contribution in [0.2, 0.25) is 0 Å². The molecule has 3 N–H and O–H groups in total. The molecular weight excluding hydrogens is 505 g/mol. The molecule has 12 heteroatoms. The molecule has 3 heterocycles. The Hall–Kier alpha value is -4.35. The zero-order chi connectivity index (χ0) is 27.9. The molecule has 2 aromatic heterocycles. The minimum absolute atomic E-state index is 0.187. The van der Waals surface area contributed by atoms with Gasteiger partial charge in [-0.1, -0.05) is 12.1 Å². The lowest BCUT2D eigenvalue weighted by atomic mass is 9.89. The highest BCUT2D eigenvalue weighted by atomic mass is 19.4. The van der Waals surface area contributed by atoms with E-state index in [0.29, 0.717) is 41.5 Å². The van der Waals surface area contributed by atoms with E-state index in [1.165, 1.54) is 31.5 Å². The van der Waals surface area contributed by atoms with Gasteiger partial charge in [-0.05, 0) is 36.5 Å². The van der Waals surface area contributed by atoms with Crippen molar-refractivity contribution in [1.82, 2.24) is 14.9 Å². The van der Waals surface area contributed by atoms with Gasteiger partial charge in [0.2, 0.25) is 0 Å². The van der Waals surface area contributed by atoms with Gasteiger partial charge in [-0.3, -0.25) is 14.6 Å². The minimum atomic E-state index is -4.42. The Morgan fingerprint density at radius 1 is 1.05 bits per heavy atom. The van der Waals surface area contributed by atoms with Crippen LogP contribution in [0.5, 0.6) is 11.5 Å². The molecule has 0 bridgehead atoms. The van der Waals surface area contributed by atoms with Gasteiger partial charge in [-0.25, -0.2) is 4.98 Å². The first kappa shape index (κ1) is 28.2. The predicted molar refractivity (Wildman–Crippen MR) is 133 cm³/mol. The number of nitrogen functional groups attached to an aromatic ring is 1. The molecule has 1 fully saturated rings. The molecule has 1 aliphatic rings. The van der Waals surface area contributed by atoms with Crippen molar-refractivity contribution in [2.75, 3.05) is 33.0 Å². The van der Waals surface area contributed by atoms with Gasteiger partial charge in [-0.2, -0.15) is 13.2 Å². The third kappa shape index (κ3) is 6.50. The van der Waals surface area contributed by atoms with Gasteiger partial charge in [-0.15, -0.1) is 0 Å². The number of benzene rings is 1. The summed E-state index contributed by atoms with van der Waals surface area (Å²) in [7, 11) is 3.03. The lowest BCUT2D eigenvalue weighted by Crippen LogP contribution is -2.38. The Labute approximate surface area is 217 Å². The number of carbonyl (C=O) groups excluding carboxylic acids is 1. The number of ether oxygens (including phenoxy) is 2. The van der Waals surface area contributed by atoms with Crippen LogP contribution in [0.3, 0.4) is 0 Å². The van der Waals surface area contributed by atoms with E-state index in [9.17, 15) is 18.0 Å². The fraction of sp³-hybridized carbons (Fsp3) is 0.308. The number of carbonyl (C=O) groups is 2. The summed E-state index contributed by atoms with van der Waals surface area (Å²) in [6.45, 7) is 0.809. The van der Waals surface area contributed by atoms with Crippen molar-refractivity contribution in [1.29, 1.82) is 0 Å². The van der Waals surface area contributed by atoms with Crippen molar-refractivity contribution in [2.24, 2.45) is 0 Å². The van der Waals surface area contributed by atoms with Gasteiger partial charge in [0, 0.05) is 48.7 Å². The average molecular weight is 533 g/mol. The Morgan fingerprint density at radius 3 is 2.21 bits per heavy atom. The molecule has 0 saturated carbocycles. The number of carboxylic acid groups (broad SMARTS) is 1. The Morgan fingerprint density at radius 2 is 1.66 bits per heavy atom. The molecule has 0 unspecified atom stereocenters. The van der Waals surface area contributed by atoms with Crippen LogP contribution in [0.25, 0.3) is 11.1 Å². The number of halogens is 3. The van der Waals surface area contributed by atoms with E-state index in [2.05, 4.69) is 9.97 Å². The number of hydrogen-bond donors (Lipinski definition) is 2. The molecule has 9 nitrogen and oxygen atoms in total. The maximum atomic E-state index is 13.1. The molecule has 3 aromatic rings. The smallest absolute Gasteiger partial charge is 0.416 e. The number of methoxy groups -OCH3 is 2. The van der Waals surface area contributed by atoms with Gasteiger partial charge >= 0.3 is 6.18 Å². The summed E-state index contributed by atoms with van der Waals surface area (Å²) in [6.07, 6.45) is 0.220. The minimum Gasteiger partial charge on any atom is -0.496 e. The molecular formula is C26H27F3N4O5. The fourth-order valence-corrected chi connectivity index (χ4v) is 4.28. The van der Waals surface area contributed by atoms with Gasteiger partial charge < -0.3 is 25.2 Å². The molecule has 0 atom stereocenters. The van der Waals surface area contributed by atoms with Crippen molar-refractivity contribution in [3.8, 4) is 22.6 Å². The highest BCUT2D eigenvalue weighted by Gasteiger charge is 2.30. The molecule has 0 aliphatic carbocycles. The summed E-state index contributed by atoms with van der Waals surface area (Å²) in [5, 5.41) is 6.89. The molecule has 1 amide bonds. The molecule has 1 aromatic carbocycles.